The van der Waals surface area contributed by atoms with Crippen molar-refractivity contribution < 1.29 is 27.2 Å². The molecule has 5 heterocycles. The number of carbonyl (C=O) groups excluding carboxylic acids is 2. The molecule has 13 heteroatoms. The van der Waals surface area contributed by atoms with E-state index in [1.54, 1.807) is 13.0 Å². The van der Waals surface area contributed by atoms with Crippen molar-refractivity contribution in [2.24, 2.45) is 0 Å². The van der Waals surface area contributed by atoms with Crippen LogP contribution in [0.2, 0.25) is 0 Å². The number of pyridine rings is 1. The standard InChI is InChI=1S/C22H20F3N7O3/c1-12-26-9-18(35-12)15-8-19(28-11-27-15)30-21(34)32-13-5-7-31(10-13)16-3-2-14(29-20(16)32)17(33)4-6-22(23,24)25/h2-3,8-9,11,13H,4-7,10H2,1H3,(H,27,28,30,34)/t13-/m0/s1. The SMILES string of the molecule is Cc1ncc(-c2cc(NC(=O)N3c4nc(C(=O)CCC(F)(F)F)ccc4N4CC[C@H]3C4)ncn2)o1. The van der Waals surface area contributed by atoms with Crippen molar-refractivity contribution in [3.8, 4) is 11.5 Å². The van der Waals surface area contributed by atoms with E-state index in [0.29, 0.717) is 42.5 Å². The fourth-order valence-corrected chi connectivity index (χ4v) is 4.22. The Morgan fingerprint density at radius 2 is 2.06 bits per heavy atom. The van der Waals surface area contributed by atoms with Crippen LogP contribution in [-0.2, 0) is 0 Å². The topological polar surface area (TPSA) is 117 Å². The number of fused-ring (bicyclic) bond motifs is 4. The molecular formula is C22H20F3N7O3. The van der Waals surface area contributed by atoms with Gasteiger partial charge >= 0.3 is 12.2 Å². The zero-order valence-electron chi connectivity index (χ0n) is 18.5. The molecule has 2 aliphatic heterocycles. The number of halogens is 3. The largest absolute Gasteiger partial charge is 0.439 e. The van der Waals surface area contributed by atoms with Crippen molar-refractivity contribution in [3.05, 3.63) is 42.3 Å². The molecule has 5 rings (SSSR count). The van der Waals surface area contributed by atoms with Gasteiger partial charge in [0.25, 0.3) is 0 Å². The molecule has 35 heavy (non-hydrogen) atoms. The van der Waals surface area contributed by atoms with Gasteiger partial charge in [-0.3, -0.25) is 15.0 Å². The van der Waals surface area contributed by atoms with Crippen molar-refractivity contribution in [2.75, 3.05) is 28.2 Å². The molecule has 1 atom stereocenters. The van der Waals surface area contributed by atoms with E-state index in [1.165, 1.54) is 29.6 Å². The van der Waals surface area contributed by atoms with Crippen LogP contribution in [0.4, 0.5) is 35.3 Å². The van der Waals surface area contributed by atoms with Gasteiger partial charge in [0.1, 0.15) is 23.5 Å². The minimum absolute atomic E-state index is 0.113. The third-order valence-electron chi connectivity index (χ3n) is 5.87. The minimum atomic E-state index is -4.44. The highest BCUT2D eigenvalue weighted by molar-refractivity contribution is 6.05. The van der Waals surface area contributed by atoms with Gasteiger partial charge in [-0.2, -0.15) is 13.2 Å². The summed E-state index contributed by atoms with van der Waals surface area (Å²) < 4.78 is 43.2. The lowest BCUT2D eigenvalue weighted by molar-refractivity contribution is -0.133. The first-order chi connectivity index (χ1) is 16.7. The molecule has 2 amide bonds. The van der Waals surface area contributed by atoms with E-state index in [1.807, 2.05) is 4.90 Å². The summed E-state index contributed by atoms with van der Waals surface area (Å²) in [6, 6.07) is 3.83. The van der Waals surface area contributed by atoms with E-state index in [-0.39, 0.29) is 23.4 Å². The van der Waals surface area contributed by atoms with E-state index < -0.39 is 30.8 Å². The number of urea groups is 1. The molecule has 182 valence electrons. The number of aryl methyl sites for hydroxylation is 1. The highest BCUT2D eigenvalue weighted by Gasteiger charge is 2.41. The Hall–Kier alpha value is -4.03. The number of rotatable bonds is 5. The van der Waals surface area contributed by atoms with Crippen LogP contribution in [0.15, 0.2) is 35.1 Å². The number of aromatic nitrogens is 4. The Kier molecular flexibility index (Phi) is 5.61. The van der Waals surface area contributed by atoms with Gasteiger partial charge in [0.2, 0.25) is 0 Å². The van der Waals surface area contributed by atoms with Gasteiger partial charge in [-0.1, -0.05) is 0 Å². The first kappa shape index (κ1) is 22.7. The molecule has 1 N–H and O–H groups in total. The number of anilines is 3. The van der Waals surface area contributed by atoms with Crippen LogP contribution in [0.5, 0.6) is 0 Å². The Morgan fingerprint density at radius 1 is 1.23 bits per heavy atom. The van der Waals surface area contributed by atoms with Gasteiger partial charge in [-0.05, 0) is 18.6 Å². The van der Waals surface area contributed by atoms with Gasteiger partial charge in [-0.25, -0.2) is 24.7 Å². The zero-order valence-corrected chi connectivity index (χ0v) is 18.5. The summed E-state index contributed by atoms with van der Waals surface area (Å²) >= 11 is 0. The molecule has 3 aromatic rings. The lowest BCUT2D eigenvalue weighted by atomic mass is 10.1. The summed E-state index contributed by atoms with van der Waals surface area (Å²) in [6.45, 7) is 2.96. The Labute approximate surface area is 197 Å². The number of amides is 2. The normalized spacial score (nSPS) is 16.9. The van der Waals surface area contributed by atoms with Crippen LogP contribution in [0.1, 0.15) is 35.6 Å². The van der Waals surface area contributed by atoms with E-state index >= 15 is 0 Å². The van der Waals surface area contributed by atoms with Gasteiger partial charge in [0.05, 0.1) is 24.3 Å². The first-order valence-electron chi connectivity index (χ1n) is 10.9. The second-order valence-corrected chi connectivity index (χ2v) is 8.30. The highest BCUT2D eigenvalue weighted by Crippen LogP contribution is 2.39. The third kappa shape index (κ3) is 4.66. The molecule has 0 aliphatic carbocycles. The Bertz CT molecular complexity index is 1290. The quantitative estimate of drug-likeness (QED) is 0.537. The van der Waals surface area contributed by atoms with E-state index in [0.717, 1.165) is 0 Å². The van der Waals surface area contributed by atoms with E-state index in [4.69, 9.17) is 4.42 Å². The van der Waals surface area contributed by atoms with Crippen molar-refractivity contribution in [3.63, 3.8) is 0 Å². The maximum Gasteiger partial charge on any atom is 0.389 e. The molecule has 0 aromatic carbocycles. The van der Waals surface area contributed by atoms with Crippen LogP contribution in [0, 0.1) is 6.92 Å². The summed E-state index contributed by atoms with van der Waals surface area (Å²) in [5.41, 5.74) is 0.956. The number of Topliss-reactive ketones (excluding diaryl/α,β-unsaturated/α-hetero) is 1. The summed E-state index contributed by atoms with van der Waals surface area (Å²) in [7, 11) is 0. The number of alkyl halides is 3. The number of ketones is 1. The Morgan fingerprint density at radius 3 is 2.80 bits per heavy atom. The summed E-state index contributed by atoms with van der Waals surface area (Å²) in [4.78, 5) is 45.8. The molecule has 10 nitrogen and oxygen atoms in total. The molecule has 2 bridgehead atoms. The molecule has 3 aromatic heterocycles. The average molecular weight is 487 g/mol. The van der Waals surface area contributed by atoms with Crippen LogP contribution in [0.3, 0.4) is 0 Å². The maximum absolute atomic E-state index is 13.3. The summed E-state index contributed by atoms with van der Waals surface area (Å²) in [5.74, 6) is 0.592. The van der Waals surface area contributed by atoms with Crippen LogP contribution >= 0.6 is 0 Å². The maximum atomic E-state index is 13.3. The molecule has 1 fully saturated rings. The third-order valence-corrected chi connectivity index (χ3v) is 5.87. The highest BCUT2D eigenvalue weighted by atomic mass is 19.4. The molecule has 2 aliphatic rings. The number of carbonyl (C=O) groups is 2. The fraction of sp³-hybridized carbons (Fsp3) is 0.364. The van der Waals surface area contributed by atoms with Crippen molar-refractivity contribution >= 4 is 29.1 Å². The van der Waals surface area contributed by atoms with Crippen molar-refractivity contribution in [2.45, 2.75) is 38.4 Å². The first-order valence-corrected chi connectivity index (χ1v) is 10.9. The fourth-order valence-electron chi connectivity index (χ4n) is 4.22. The molecule has 0 spiro atoms. The lowest BCUT2D eigenvalue weighted by Crippen LogP contribution is -2.48. The van der Waals surface area contributed by atoms with Crippen LogP contribution in [-0.4, -0.2) is 57.1 Å². The van der Waals surface area contributed by atoms with Gasteiger partial charge in [0, 0.05) is 32.5 Å². The van der Waals surface area contributed by atoms with Crippen molar-refractivity contribution in [1.29, 1.82) is 0 Å². The van der Waals surface area contributed by atoms with E-state index in [2.05, 4.69) is 25.3 Å². The average Bonchev–Trinajstić information content (AvgIpc) is 3.44. The molecule has 0 unspecified atom stereocenters. The second kappa shape index (κ2) is 8.64. The number of nitrogens with zero attached hydrogens (tertiary/aromatic N) is 6. The van der Waals surface area contributed by atoms with Crippen LogP contribution < -0.4 is 15.1 Å². The second-order valence-electron chi connectivity index (χ2n) is 8.30. The summed E-state index contributed by atoms with van der Waals surface area (Å²) in [5, 5.41) is 2.73. The van der Waals surface area contributed by atoms with Gasteiger partial charge in [0.15, 0.2) is 23.3 Å². The number of oxazole rings is 1. The Balaban J connectivity index is 1.41. The van der Waals surface area contributed by atoms with Crippen molar-refractivity contribution in [1.82, 2.24) is 19.9 Å². The zero-order chi connectivity index (χ0) is 24.7. The molecule has 0 saturated carbocycles. The molecule has 1 saturated heterocycles. The molecular weight excluding hydrogens is 467 g/mol. The van der Waals surface area contributed by atoms with Gasteiger partial charge < -0.3 is 9.32 Å². The minimum Gasteiger partial charge on any atom is -0.439 e. The summed E-state index contributed by atoms with van der Waals surface area (Å²) in [6.07, 6.45) is -2.92. The van der Waals surface area contributed by atoms with E-state index in [9.17, 15) is 22.8 Å². The number of hydrogen-bond donors (Lipinski definition) is 1. The molecule has 0 radical (unpaired) electrons. The lowest BCUT2D eigenvalue weighted by Gasteiger charge is -2.35. The predicted octanol–water partition coefficient (Wildman–Crippen LogP) is 3.99. The smallest absolute Gasteiger partial charge is 0.389 e. The number of hydrogen-bond acceptors (Lipinski definition) is 8. The monoisotopic (exact) mass is 487 g/mol. The van der Waals surface area contributed by atoms with Crippen LogP contribution in [0.25, 0.3) is 11.5 Å². The number of nitrogens with one attached hydrogen (secondary N) is 1. The predicted molar refractivity (Wildman–Crippen MR) is 118 cm³/mol. The van der Waals surface area contributed by atoms with Gasteiger partial charge in [-0.15, -0.1) is 0 Å².